The van der Waals surface area contributed by atoms with Crippen LogP contribution in [0.4, 0.5) is 0 Å². The molecule has 0 aliphatic carbocycles. The van der Waals surface area contributed by atoms with Crippen LogP contribution < -0.4 is 11.3 Å². The standard InChI is InChI=1S/C11H10N2O3/c1-13-7-5-3-2-4-6(7)9(14)8(10(12)15)11(13)16/h2-5,14H,1H3,(H2,12,15). The Morgan fingerprint density at radius 2 is 2.00 bits per heavy atom. The average Bonchev–Trinajstić information content (AvgIpc) is 2.26. The molecule has 2 aromatic rings. The molecule has 0 fully saturated rings. The van der Waals surface area contributed by atoms with E-state index in [9.17, 15) is 14.7 Å². The summed E-state index contributed by atoms with van der Waals surface area (Å²) in [6.45, 7) is 0. The molecule has 1 heterocycles. The van der Waals surface area contributed by atoms with Gasteiger partial charge >= 0.3 is 0 Å². The fraction of sp³-hybridized carbons (Fsp3) is 0.0909. The Morgan fingerprint density at radius 3 is 2.62 bits per heavy atom. The van der Waals surface area contributed by atoms with E-state index in [1.54, 1.807) is 24.3 Å². The lowest BCUT2D eigenvalue weighted by atomic mass is 10.1. The van der Waals surface area contributed by atoms with Crippen LogP contribution in [0.1, 0.15) is 10.4 Å². The number of hydrogen-bond donors (Lipinski definition) is 2. The molecule has 0 aliphatic heterocycles. The molecule has 0 saturated heterocycles. The molecule has 0 bridgehead atoms. The van der Waals surface area contributed by atoms with E-state index in [0.29, 0.717) is 10.9 Å². The molecule has 3 N–H and O–H groups in total. The van der Waals surface area contributed by atoms with Crippen LogP contribution in [0.2, 0.25) is 0 Å². The number of aromatic nitrogens is 1. The second-order valence-electron chi connectivity index (χ2n) is 3.47. The zero-order valence-corrected chi connectivity index (χ0v) is 8.60. The number of carbonyl (C=O) groups is 1. The van der Waals surface area contributed by atoms with E-state index >= 15 is 0 Å². The maximum Gasteiger partial charge on any atom is 0.267 e. The number of aryl methyl sites for hydroxylation is 1. The fourth-order valence-corrected chi connectivity index (χ4v) is 1.70. The van der Waals surface area contributed by atoms with Crippen molar-refractivity contribution in [3.63, 3.8) is 0 Å². The van der Waals surface area contributed by atoms with Crippen molar-refractivity contribution in [3.05, 3.63) is 40.2 Å². The molecule has 1 amide bonds. The first-order valence-electron chi connectivity index (χ1n) is 4.64. The minimum absolute atomic E-state index is 0.355. The van der Waals surface area contributed by atoms with Gasteiger partial charge in [0.25, 0.3) is 11.5 Å². The van der Waals surface area contributed by atoms with E-state index in [4.69, 9.17) is 5.73 Å². The van der Waals surface area contributed by atoms with Gasteiger partial charge in [-0.2, -0.15) is 0 Å². The van der Waals surface area contributed by atoms with Gasteiger partial charge in [0.15, 0.2) is 0 Å². The minimum atomic E-state index is -0.927. The van der Waals surface area contributed by atoms with Crippen LogP contribution in [0, 0.1) is 0 Å². The normalized spacial score (nSPS) is 10.6. The summed E-state index contributed by atoms with van der Waals surface area (Å²) in [4.78, 5) is 22.8. The zero-order valence-electron chi connectivity index (χ0n) is 8.60. The highest BCUT2D eigenvalue weighted by Gasteiger charge is 2.18. The Labute approximate surface area is 90.7 Å². The number of pyridine rings is 1. The number of benzene rings is 1. The zero-order chi connectivity index (χ0) is 11.9. The van der Waals surface area contributed by atoms with E-state index in [2.05, 4.69) is 0 Å². The predicted molar refractivity (Wildman–Crippen MR) is 59.4 cm³/mol. The molecule has 1 aromatic heterocycles. The summed E-state index contributed by atoms with van der Waals surface area (Å²) in [5.74, 6) is -1.28. The van der Waals surface area contributed by atoms with Crippen molar-refractivity contribution < 1.29 is 9.90 Å². The summed E-state index contributed by atoms with van der Waals surface area (Å²) in [5.41, 5.74) is 4.65. The molecule has 82 valence electrons. The topological polar surface area (TPSA) is 85.3 Å². The van der Waals surface area contributed by atoms with Crippen LogP contribution in [-0.4, -0.2) is 15.6 Å². The second kappa shape index (κ2) is 3.37. The molecule has 2 rings (SSSR count). The number of rotatable bonds is 1. The van der Waals surface area contributed by atoms with Gasteiger partial charge in [-0.25, -0.2) is 0 Å². The van der Waals surface area contributed by atoms with E-state index in [1.807, 2.05) is 0 Å². The Kier molecular flexibility index (Phi) is 2.16. The van der Waals surface area contributed by atoms with Crippen LogP contribution in [0.15, 0.2) is 29.1 Å². The predicted octanol–water partition coefficient (Wildman–Crippen LogP) is 0.343. The van der Waals surface area contributed by atoms with Gasteiger partial charge in [-0.05, 0) is 12.1 Å². The van der Waals surface area contributed by atoms with Crippen molar-refractivity contribution in [1.29, 1.82) is 0 Å². The molecule has 0 aliphatic rings. The number of para-hydroxylation sites is 1. The third-order valence-corrected chi connectivity index (χ3v) is 2.52. The maximum absolute atomic E-state index is 11.7. The second-order valence-corrected chi connectivity index (χ2v) is 3.47. The number of nitrogens with two attached hydrogens (primary N) is 1. The quantitative estimate of drug-likeness (QED) is 0.723. The number of primary amides is 1. The minimum Gasteiger partial charge on any atom is -0.506 e. The molecule has 0 spiro atoms. The van der Waals surface area contributed by atoms with Gasteiger partial charge in [-0.15, -0.1) is 0 Å². The number of amides is 1. The highest BCUT2D eigenvalue weighted by molar-refractivity contribution is 6.01. The summed E-state index contributed by atoms with van der Waals surface area (Å²) < 4.78 is 1.29. The number of aromatic hydroxyl groups is 1. The molecule has 0 saturated carbocycles. The molecular weight excluding hydrogens is 208 g/mol. The monoisotopic (exact) mass is 218 g/mol. The van der Waals surface area contributed by atoms with Crippen LogP contribution in [-0.2, 0) is 7.05 Å². The lowest BCUT2D eigenvalue weighted by molar-refractivity contribution is 0.0996. The molecular formula is C11H10N2O3. The average molecular weight is 218 g/mol. The van der Waals surface area contributed by atoms with Crippen LogP contribution in [0.5, 0.6) is 5.75 Å². The SMILES string of the molecule is Cn1c(=O)c(C(N)=O)c(O)c2ccccc21. The van der Waals surface area contributed by atoms with E-state index in [-0.39, 0.29) is 11.3 Å². The van der Waals surface area contributed by atoms with Gasteiger partial charge in [-0.3, -0.25) is 9.59 Å². The van der Waals surface area contributed by atoms with Gasteiger partial charge in [0.1, 0.15) is 11.3 Å². The van der Waals surface area contributed by atoms with Crippen molar-refractivity contribution in [2.75, 3.05) is 0 Å². The summed E-state index contributed by atoms with van der Waals surface area (Å²) >= 11 is 0. The highest BCUT2D eigenvalue weighted by Crippen LogP contribution is 2.24. The molecule has 1 aromatic carbocycles. The van der Waals surface area contributed by atoms with Crippen molar-refractivity contribution in [1.82, 2.24) is 4.57 Å². The van der Waals surface area contributed by atoms with Crippen molar-refractivity contribution in [3.8, 4) is 5.75 Å². The van der Waals surface area contributed by atoms with E-state index in [0.717, 1.165) is 0 Å². The van der Waals surface area contributed by atoms with Crippen molar-refractivity contribution in [2.45, 2.75) is 0 Å². The first-order valence-corrected chi connectivity index (χ1v) is 4.64. The fourth-order valence-electron chi connectivity index (χ4n) is 1.70. The lowest BCUT2D eigenvalue weighted by Gasteiger charge is -2.09. The number of nitrogens with zero attached hydrogens (tertiary/aromatic N) is 1. The molecule has 5 heteroatoms. The summed E-state index contributed by atoms with van der Waals surface area (Å²) in [6.07, 6.45) is 0. The Hall–Kier alpha value is -2.30. The number of hydrogen-bond acceptors (Lipinski definition) is 3. The number of fused-ring (bicyclic) bond motifs is 1. The van der Waals surface area contributed by atoms with Gasteiger partial charge in [-0.1, -0.05) is 12.1 Å². The highest BCUT2D eigenvalue weighted by atomic mass is 16.3. The first kappa shape index (κ1) is 10.2. The Bertz CT molecular complexity index is 643. The van der Waals surface area contributed by atoms with E-state index in [1.165, 1.54) is 11.6 Å². The number of carbonyl (C=O) groups excluding carboxylic acids is 1. The first-order chi connectivity index (χ1) is 7.54. The van der Waals surface area contributed by atoms with Crippen LogP contribution in [0.25, 0.3) is 10.9 Å². The molecule has 0 atom stereocenters. The van der Waals surface area contributed by atoms with Gasteiger partial charge in [0.2, 0.25) is 0 Å². The summed E-state index contributed by atoms with van der Waals surface area (Å²) in [6, 6.07) is 6.75. The van der Waals surface area contributed by atoms with Gasteiger partial charge < -0.3 is 15.4 Å². The molecule has 0 radical (unpaired) electrons. The summed E-state index contributed by atoms with van der Waals surface area (Å²) in [7, 11) is 1.52. The third-order valence-electron chi connectivity index (χ3n) is 2.52. The third kappa shape index (κ3) is 1.25. The summed E-state index contributed by atoms with van der Waals surface area (Å²) in [5, 5.41) is 10.2. The van der Waals surface area contributed by atoms with Gasteiger partial charge in [0, 0.05) is 12.4 Å². The van der Waals surface area contributed by atoms with Crippen molar-refractivity contribution >= 4 is 16.8 Å². The molecule has 5 nitrogen and oxygen atoms in total. The van der Waals surface area contributed by atoms with Gasteiger partial charge in [0.05, 0.1) is 5.52 Å². The van der Waals surface area contributed by atoms with E-state index < -0.39 is 11.5 Å². The largest absolute Gasteiger partial charge is 0.506 e. The molecule has 0 unspecified atom stereocenters. The Morgan fingerprint density at radius 1 is 1.38 bits per heavy atom. The maximum atomic E-state index is 11.7. The smallest absolute Gasteiger partial charge is 0.267 e. The lowest BCUT2D eigenvalue weighted by Crippen LogP contribution is -2.28. The van der Waals surface area contributed by atoms with Crippen LogP contribution in [0.3, 0.4) is 0 Å². The Balaban J connectivity index is 3.07. The van der Waals surface area contributed by atoms with Crippen molar-refractivity contribution in [2.24, 2.45) is 12.8 Å². The van der Waals surface area contributed by atoms with Crippen LogP contribution >= 0.6 is 0 Å². The molecule has 16 heavy (non-hydrogen) atoms.